The Kier molecular flexibility index (Phi) is 8.73. The van der Waals surface area contributed by atoms with Gasteiger partial charge in [-0.2, -0.15) is 0 Å². The quantitative estimate of drug-likeness (QED) is 0.305. The summed E-state index contributed by atoms with van der Waals surface area (Å²) in [6, 6.07) is 6.06. The van der Waals surface area contributed by atoms with Crippen molar-refractivity contribution in [3.05, 3.63) is 51.2 Å². The third-order valence-electron chi connectivity index (χ3n) is 5.12. The van der Waals surface area contributed by atoms with Crippen molar-refractivity contribution in [2.75, 3.05) is 17.7 Å². The van der Waals surface area contributed by atoms with E-state index in [-0.39, 0.29) is 24.9 Å². The van der Waals surface area contributed by atoms with Gasteiger partial charge in [-0.1, -0.05) is 17.8 Å². The number of nitrogens with zero attached hydrogens (tertiary/aromatic N) is 3. The maximum atomic E-state index is 12.7. The Hall–Kier alpha value is -2.85. The van der Waals surface area contributed by atoms with E-state index in [9.17, 15) is 9.59 Å². The van der Waals surface area contributed by atoms with Gasteiger partial charge >= 0.3 is 5.97 Å². The summed E-state index contributed by atoms with van der Waals surface area (Å²) in [5.41, 5.74) is 3.52. The van der Waals surface area contributed by atoms with Gasteiger partial charge in [-0.3, -0.25) is 4.79 Å². The van der Waals surface area contributed by atoms with Crippen LogP contribution in [0.4, 0.5) is 5.00 Å². The van der Waals surface area contributed by atoms with Crippen LogP contribution in [0.25, 0.3) is 0 Å². The lowest BCUT2D eigenvalue weighted by atomic mass is 10.1. The minimum atomic E-state index is -0.425. The van der Waals surface area contributed by atoms with Gasteiger partial charge in [-0.25, -0.2) is 4.79 Å². The van der Waals surface area contributed by atoms with Gasteiger partial charge in [0, 0.05) is 11.4 Å². The number of ether oxygens (including phenoxy) is 2. The molecule has 0 fully saturated rings. The van der Waals surface area contributed by atoms with Crippen LogP contribution in [0.1, 0.15) is 51.6 Å². The number of anilines is 1. The van der Waals surface area contributed by atoms with Crippen LogP contribution in [-0.4, -0.2) is 39.0 Å². The van der Waals surface area contributed by atoms with Gasteiger partial charge in [0.05, 0.1) is 17.9 Å². The van der Waals surface area contributed by atoms with Crippen LogP contribution in [0.15, 0.2) is 23.4 Å². The normalized spacial score (nSPS) is 10.9. The molecular weight excluding hydrogens is 472 g/mol. The molecule has 1 amide bonds. The Labute approximate surface area is 208 Å². The second-order valence-electron chi connectivity index (χ2n) is 7.80. The van der Waals surface area contributed by atoms with Gasteiger partial charge in [-0.05, 0) is 70.4 Å². The van der Waals surface area contributed by atoms with Crippen molar-refractivity contribution < 1.29 is 19.1 Å². The van der Waals surface area contributed by atoms with E-state index in [1.165, 1.54) is 23.1 Å². The molecule has 2 heterocycles. The van der Waals surface area contributed by atoms with Gasteiger partial charge < -0.3 is 19.4 Å². The summed E-state index contributed by atoms with van der Waals surface area (Å²) in [5.74, 6) is 0.963. The molecule has 0 aliphatic carbocycles. The number of benzene rings is 1. The number of nitrogens with one attached hydrogen (secondary N) is 1. The fourth-order valence-electron chi connectivity index (χ4n) is 3.47. The fraction of sp³-hybridized carbons (Fsp3) is 0.417. The van der Waals surface area contributed by atoms with E-state index in [0.29, 0.717) is 28.1 Å². The molecular formula is C24H30N4O4S2. The molecule has 0 spiro atoms. The van der Waals surface area contributed by atoms with E-state index < -0.39 is 5.97 Å². The third-order valence-corrected chi connectivity index (χ3v) is 7.21. The Bertz CT molecular complexity index is 1170. The molecule has 0 radical (unpaired) electrons. The zero-order valence-corrected chi connectivity index (χ0v) is 22.0. The van der Waals surface area contributed by atoms with Crippen molar-refractivity contribution in [2.24, 2.45) is 0 Å². The number of hydrogen-bond acceptors (Lipinski definition) is 8. The third kappa shape index (κ3) is 6.18. The molecule has 2 aromatic heterocycles. The molecule has 8 nitrogen and oxygen atoms in total. The molecule has 1 N–H and O–H groups in total. The summed E-state index contributed by atoms with van der Waals surface area (Å²) in [5, 5.41) is 12.5. The molecule has 0 bridgehead atoms. The Balaban J connectivity index is 1.64. The summed E-state index contributed by atoms with van der Waals surface area (Å²) < 4.78 is 13.0. The summed E-state index contributed by atoms with van der Waals surface area (Å²) in [6.07, 6.45) is 0. The minimum absolute atomic E-state index is 0.133. The van der Waals surface area contributed by atoms with Crippen LogP contribution in [0.3, 0.4) is 0 Å². The number of esters is 1. The standard InChI is InChI=1S/C24H30N4O4S2/c1-7-28-19(12-32-18-10-14(3)9-15(4)11-18)26-27-24(28)33-13-20(29)25-22-21(23(30)31-8-2)16(5)17(6)34-22/h9-11H,7-8,12-13H2,1-6H3,(H,25,29). The summed E-state index contributed by atoms with van der Waals surface area (Å²) >= 11 is 2.66. The van der Waals surface area contributed by atoms with Gasteiger partial charge in [0.1, 0.15) is 17.4 Å². The first-order chi connectivity index (χ1) is 16.2. The molecule has 0 saturated carbocycles. The van der Waals surface area contributed by atoms with Crippen molar-refractivity contribution >= 4 is 40.0 Å². The molecule has 3 rings (SSSR count). The second-order valence-corrected chi connectivity index (χ2v) is 9.97. The number of aryl methyl sites for hydroxylation is 3. The maximum absolute atomic E-state index is 12.7. The first-order valence-corrected chi connectivity index (χ1v) is 12.9. The molecule has 1 aromatic carbocycles. The van der Waals surface area contributed by atoms with Crippen LogP contribution < -0.4 is 10.1 Å². The van der Waals surface area contributed by atoms with E-state index >= 15 is 0 Å². The molecule has 0 saturated heterocycles. The SMILES string of the molecule is CCOC(=O)c1c(NC(=O)CSc2nnc(COc3cc(C)cc(C)c3)n2CC)sc(C)c1C. The Morgan fingerprint density at radius 1 is 1.09 bits per heavy atom. The monoisotopic (exact) mass is 502 g/mol. The number of aromatic nitrogens is 3. The number of hydrogen-bond donors (Lipinski definition) is 1. The highest BCUT2D eigenvalue weighted by Gasteiger charge is 2.22. The van der Waals surface area contributed by atoms with E-state index in [1.54, 1.807) is 6.92 Å². The Morgan fingerprint density at radius 3 is 2.44 bits per heavy atom. The van der Waals surface area contributed by atoms with Gasteiger partial charge in [0.25, 0.3) is 0 Å². The first-order valence-electron chi connectivity index (χ1n) is 11.1. The molecule has 0 atom stereocenters. The van der Waals surface area contributed by atoms with Crippen LogP contribution >= 0.6 is 23.1 Å². The van der Waals surface area contributed by atoms with Crippen molar-refractivity contribution in [1.29, 1.82) is 0 Å². The number of rotatable bonds is 10. The zero-order chi connectivity index (χ0) is 24.8. The lowest BCUT2D eigenvalue weighted by Crippen LogP contribution is -2.17. The van der Waals surface area contributed by atoms with E-state index in [4.69, 9.17) is 9.47 Å². The molecule has 34 heavy (non-hydrogen) atoms. The van der Waals surface area contributed by atoms with E-state index in [1.807, 2.05) is 51.3 Å². The van der Waals surface area contributed by atoms with Crippen molar-refractivity contribution in [2.45, 2.75) is 59.9 Å². The van der Waals surface area contributed by atoms with E-state index in [2.05, 4.69) is 21.6 Å². The summed E-state index contributed by atoms with van der Waals surface area (Å²) in [7, 11) is 0. The highest BCUT2D eigenvalue weighted by molar-refractivity contribution is 7.99. The largest absolute Gasteiger partial charge is 0.486 e. The molecule has 182 valence electrons. The van der Waals surface area contributed by atoms with E-state index in [0.717, 1.165) is 27.3 Å². The van der Waals surface area contributed by atoms with Gasteiger partial charge in [-0.15, -0.1) is 21.5 Å². The lowest BCUT2D eigenvalue weighted by Gasteiger charge is -2.10. The molecule has 10 heteroatoms. The molecule has 0 aliphatic rings. The van der Waals surface area contributed by atoms with Crippen LogP contribution in [0.5, 0.6) is 5.75 Å². The number of amides is 1. The van der Waals surface area contributed by atoms with Crippen molar-refractivity contribution in [3.63, 3.8) is 0 Å². The number of carbonyl (C=O) groups is 2. The lowest BCUT2D eigenvalue weighted by molar-refractivity contribution is -0.113. The predicted molar refractivity (Wildman–Crippen MR) is 135 cm³/mol. The average molecular weight is 503 g/mol. The fourth-order valence-corrected chi connectivity index (χ4v) is 5.36. The number of thiophene rings is 1. The van der Waals surface area contributed by atoms with Gasteiger partial charge in [0.15, 0.2) is 11.0 Å². The Morgan fingerprint density at radius 2 is 1.79 bits per heavy atom. The topological polar surface area (TPSA) is 95.3 Å². The number of thioether (sulfide) groups is 1. The zero-order valence-electron chi connectivity index (χ0n) is 20.4. The molecule has 3 aromatic rings. The smallest absolute Gasteiger partial charge is 0.341 e. The van der Waals surface area contributed by atoms with Gasteiger partial charge in [0.2, 0.25) is 5.91 Å². The predicted octanol–water partition coefficient (Wildman–Crippen LogP) is 5.08. The summed E-state index contributed by atoms with van der Waals surface area (Å²) in [6.45, 7) is 12.8. The van der Waals surface area contributed by atoms with Crippen LogP contribution in [0, 0.1) is 27.7 Å². The van der Waals surface area contributed by atoms with Crippen molar-refractivity contribution in [1.82, 2.24) is 14.8 Å². The second kappa shape index (κ2) is 11.5. The van der Waals surface area contributed by atoms with Crippen LogP contribution in [0.2, 0.25) is 0 Å². The first kappa shape index (κ1) is 25.8. The van der Waals surface area contributed by atoms with Crippen LogP contribution in [-0.2, 0) is 22.7 Å². The number of carbonyl (C=O) groups excluding carboxylic acids is 2. The molecule has 0 unspecified atom stereocenters. The maximum Gasteiger partial charge on any atom is 0.341 e. The van der Waals surface area contributed by atoms with Crippen molar-refractivity contribution in [3.8, 4) is 5.75 Å². The average Bonchev–Trinajstić information content (AvgIpc) is 3.29. The molecule has 0 aliphatic heterocycles. The highest BCUT2D eigenvalue weighted by Crippen LogP contribution is 2.33. The highest BCUT2D eigenvalue weighted by atomic mass is 32.2. The summed E-state index contributed by atoms with van der Waals surface area (Å²) in [4.78, 5) is 26.0. The minimum Gasteiger partial charge on any atom is -0.486 e.